The lowest BCUT2D eigenvalue weighted by Gasteiger charge is -2.26. The maximum atomic E-state index is 12.6. The van der Waals surface area contributed by atoms with Crippen LogP contribution in [-0.2, 0) is 16.0 Å². The molecule has 0 bridgehead atoms. The number of fused-ring (bicyclic) bond motifs is 1. The van der Waals surface area contributed by atoms with Gasteiger partial charge >= 0.3 is 0 Å². The minimum absolute atomic E-state index is 0.0664. The number of nitrogens with zero attached hydrogens (tertiary/aromatic N) is 3. The summed E-state index contributed by atoms with van der Waals surface area (Å²) in [7, 11) is 0. The van der Waals surface area contributed by atoms with Crippen molar-refractivity contribution in [2.45, 2.75) is 20.3 Å². The van der Waals surface area contributed by atoms with E-state index in [0.717, 1.165) is 49.5 Å². The van der Waals surface area contributed by atoms with Gasteiger partial charge in [-0.05, 0) is 49.2 Å². The Hall–Kier alpha value is -3.89. The number of nitrogens with two attached hydrogens (primary N) is 1. The van der Waals surface area contributed by atoms with Crippen molar-refractivity contribution in [3.63, 3.8) is 0 Å². The fourth-order valence-electron chi connectivity index (χ4n) is 3.96. The molecule has 3 aromatic rings. The largest absolute Gasteiger partial charge is 0.402 e. The van der Waals surface area contributed by atoms with Crippen molar-refractivity contribution in [1.29, 1.82) is 5.41 Å². The maximum absolute atomic E-state index is 12.6. The normalized spacial score (nSPS) is 14.9. The third kappa shape index (κ3) is 6.02. The number of allylic oxidation sites excluding steroid dienone is 2. The van der Waals surface area contributed by atoms with Crippen LogP contribution in [-0.4, -0.2) is 76.6 Å². The van der Waals surface area contributed by atoms with Gasteiger partial charge in [0.15, 0.2) is 5.78 Å². The number of H-pyrrole nitrogens is 1. The van der Waals surface area contributed by atoms with E-state index in [1.54, 1.807) is 32.3 Å². The molecule has 0 spiro atoms. The van der Waals surface area contributed by atoms with Crippen molar-refractivity contribution >= 4 is 28.4 Å². The van der Waals surface area contributed by atoms with E-state index in [2.05, 4.69) is 25.2 Å². The third-order valence-corrected chi connectivity index (χ3v) is 6.26. The summed E-state index contributed by atoms with van der Waals surface area (Å²) in [6.07, 6.45) is 3.30. The van der Waals surface area contributed by atoms with Gasteiger partial charge in [0.2, 0.25) is 0 Å². The van der Waals surface area contributed by atoms with Gasteiger partial charge in [-0.1, -0.05) is 0 Å². The number of carbonyl (C=O) groups excluding carboxylic acids is 2. The molecule has 36 heavy (non-hydrogen) atoms. The Balaban J connectivity index is 1.43. The lowest BCUT2D eigenvalue weighted by molar-refractivity contribution is -0.112. The first-order chi connectivity index (χ1) is 17.3. The monoisotopic (exact) mass is 489 g/mol. The first kappa shape index (κ1) is 25.2. The lowest BCUT2D eigenvalue weighted by atomic mass is 10.0. The molecule has 0 atom stereocenters. The van der Waals surface area contributed by atoms with Gasteiger partial charge in [-0.15, -0.1) is 0 Å². The zero-order valence-corrected chi connectivity index (χ0v) is 20.6. The van der Waals surface area contributed by atoms with E-state index >= 15 is 0 Å². The van der Waals surface area contributed by atoms with E-state index < -0.39 is 0 Å². The Kier molecular flexibility index (Phi) is 7.87. The van der Waals surface area contributed by atoms with Crippen LogP contribution in [0.3, 0.4) is 0 Å². The number of aromatic amines is 1. The predicted molar refractivity (Wildman–Crippen MR) is 138 cm³/mol. The average Bonchev–Trinajstić information content (AvgIpc) is 3.32. The molecule has 0 unspecified atom stereocenters. The van der Waals surface area contributed by atoms with Gasteiger partial charge in [-0.25, -0.2) is 4.98 Å². The van der Waals surface area contributed by atoms with Gasteiger partial charge in [-0.3, -0.25) is 24.9 Å². The number of aromatic nitrogens is 3. The number of pyridine rings is 2. The highest BCUT2D eigenvalue weighted by Gasteiger charge is 2.16. The van der Waals surface area contributed by atoms with Crippen LogP contribution in [0.15, 0.2) is 47.9 Å². The van der Waals surface area contributed by atoms with E-state index in [0.29, 0.717) is 34.7 Å². The van der Waals surface area contributed by atoms with Crippen LogP contribution >= 0.6 is 0 Å². The summed E-state index contributed by atoms with van der Waals surface area (Å²) in [5.74, 6) is -0.535. The van der Waals surface area contributed by atoms with E-state index in [4.69, 9.17) is 15.9 Å². The number of hydrogen-bond donors (Lipinski definition) is 4. The number of nitrogens with one attached hydrogen (secondary N) is 3. The smallest absolute Gasteiger partial charge is 0.269 e. The molecule has 1 amide bonds. The predicted octanol–water partition coefficient (Wildman–Crippen LogP) is 2.07. The molecule has 10 nitrogen and oxygen atoms in total. The highest BCUT2D eigenvalue weighted by atomic mass is 16.5. The number of ketones is 1. The number of Topliss-reactive ketones (excluding diaryl/α,β-unsaturated/α-hetero) is 1. The van der Waals surface area contributed by atoms with Crippen molar-refractivity contribution in [2.75, 3.05) is 39.4 Å². The summed E-state index contributed by atoms with van der Waals surface area (Å²) in [4.78, 5) is 39.3. The van der Waals surface area contributed by atoms with E-state index in [9.17, 15) is 9.59 Å². The summed E-state index contributed by atoms with van der Waals surface area (Å²) in [6.45, 7) is 7.86. The second kappa shape index (κ2) is 11.2. The van der Waals surface area contributed by atoms with Gasteiger partial charge in [0.05, 0.1) is 13.2 Å². The van der Waals surface area contributed by atoms with Crippen molar-refractivity contribution in [2.24, 2.45) is 5.73 Å². The Morgan fingerprint density at radius 3 is 2.72 bits per heavy atom. The zero-order chi connectivity index (χ0) is 25.7. The van der Waals surface area contributed by atoms with Gasteiger partial charge in [0, 0.05) is 67.3 Å². The van der Waals surface area contributed by atoms with Crippen LogP contribution in [0.5, 0.6) is 0 Å². The average molecular weight is 490 g/mol. The molecule has 1 fully saturated rings. The molecular formula is C26H31N7O3. The Bertz CT molecular complexity index is 1320. The Morgan fingerprint density at radius 2 is 1.97 bits per heavy atom. The quantitative estimate of drug-likeness (QED) is 0.336. The summed E-state index contributed by atoms with van der Waals surface area (Å²) in [6, 6.07) is 7.37. The van der Waals surface area contributed by atoms with Crippen LogP contribution in [0.4, 0.5) is 0 Å². The van der Waals surface area contributed by atoms with Crippen LogP contribution in [0.2, 0.25) is 0 Å². The number of amides is 1. The van der Waals surface area contributed by atoms with Crippen LogP contribution < -0.4 is 11.1 Å². The van der Waals surface area contributed by atoms with Crippen molar-refractivity contribution in [1.82, 2.24) is 25.2 Å². The topological polar surface area (TPSA) is 150 Å². The first-order valence-electron chi connectivity index (χ1n) is 11.9. The Morgan fingerprint density at radius 1 is 1.19 bits per heavy atom. The lowest BCUT2D eigenvalue weighted by Crippen LogP contribution is -2.41. The molecule has 4 rings (SSSR count). The van der Waals surface area contributed by atoms with Gasteiger partial charge in [0.1, 0.15) is 17.1 Å². The molecule has 1 aliphatic rings. The first-order valence-corrected chi connectivity index (χ1v) is 11.9. The molecule has 4 heterocycles. The summed E-state index contributed by atoms with van der Waals surface area (Å²) < 4.78 is 5.35. The van der Waals surface area contributed by atoms with Crippen molar-refractivity contribution in [3.8, 4) is 11.3 Å². The SMILES string of the molecule is C/C(N)=C(\C)C(=N)C(=O)Cc1cnc2[nH]c(-c3ccnc(C(=O)NCCN4CCOCC4)c3)cc2c1. The minimum atomic E-state index is -0.312. The number of ether oxygens (including phenoxy) is 1. The molecule has 1 saturated heterocycles. The van der Waals surface area contributed by atoms with E-state index in [-0.39, 0.29) is 23.8 Å². The maximum Gasteiger partial charge on any atom is 0.269 e. The number of carbonyl (C=O) groups is 2. The molecule has 3 aromatic heterocycles. The zero-order valence-electron chi connectivity index (χ0n) is 20.6. The molecule has 0 aromatic carbocycles. The molecular weight excluding hydrogens is 458 g/mol. The molecule has 1 aliphatic heterocycles. The van der Waals surface area contributed by atoms with Crippen molar-refractivity contribution < 1.29 is 14.3 Å². The minimum Gasteiger partial charge on any atom is -0.402 e. The van der Waals surface area contributed by atoms with Crippen molar-refractivity contribution in [3.05, 3.63) is 59.2 Å². The van der Waals surface area contributed by atoms with E-state index in [1.807, 2.05) is 18.2 Å². The summed E-state index contributed by atoms with van der Waals surface area (Å²) in [5.41, 5.74) is 9.88. The van der Waals surface area contributed by atoms with Crippen LogP contribution in [0.25, 0.3) is 22.3 Å². The fourth-order valence-corrected chi connectivity index (χ4v) is 3.96. The Labute approximate surface area is 209 Å². The molecule has 10 heteroatoms. The van der Waals surface area contributed by atoms with Crippen LogP contribution in [0.1, 0.15) is 29.9 Å². The van der Waals surface area contributed by atoms with E-state index in [1.165, 1.54) is 0 Å². The third-order valence-electron chi connectivity index (χ3n) is 6.26. The summed E-state index contributed by atoms with van der Waals surface area (Å²) >= 11 is 0. The van der Waals surface area contributed by atoms with Gasteiger partial charge < -0.3 is 20.8 Å². The molecule has 0 saturated carbocycles. The second-order valence-electron chi connectivity index (χ2n) is 8.89. The number of hydrogen-bond acceptors (Lipinski definition) is 8. The van der Waals surface area contributed by atoms with Gasteiger partial charge in [0.25, 0.3) is 5.91 Å². The molecule has 0 aliphatic carbocycles. The highest BCUT2D eigenvalue weighted by Crippen LogP contribution is 2.24. The number of rotatable bonds is 9. The highest BCUT2D eigenvalue weighted by molar-refractivity contribution is 6.45. The molecule has 5 N–H and O–H groups in total. The number of morpholine rings is 1. The standard InChI is InChI=1S/C26H31N7O3/c1-16(17(2)27)24(28)23(34)12-18-11-20-14-21(32-25(20)31-15-18)19-3-4-29-22(13-19)26(35)30-5-6-33-7-9-36-10-8-33/h3-4,11,13-15,28H,5-10,12,27H2,1-2H3,(H,30,35)(H,31,32)/b17-16-,28-24?. The fraction of sp³-hybridized carbons (Fsp3) is 0.346. The molecule has 0 radical (unpaired) electrons. The van der Waals surface area contributed by atoms with Crippen LogP contribution in [0, 0.1) is 5.41 Å². The molecule has 188 valence electrons. The van der Waals surface area contributed by atoms with Gasteiger partial charge in [-0.2, -0.15) is 0 Å². The second-order valence-corrected chi connectivity index (χ2v) is 8.89. The summed E-state index contributed by atoms with van der Waals surface area (Å²) in [5, 5.41) is 11.8.